The van der Waals surface area contributed by atoms with Gasteiger partial charge in [-0.05, 0) is 37.1 Å². The SMILES string of the molecule is Cc1cccc(N2CCN(C(=O)Nc3cc(-c4ccccc4C)no3)CC2)c1. The van der Waals surface area contributed by atoms with Crippen LogP contribution in [0, 0.1) is 13.8 Å². The lowest BCUT2D eigenvalue weighted by atomic mass is 10.1. The average molecular weight is 376 g/mol. The zero-order chi connectivity index (χ0) is 19.5. The van der Waals surface area contributed by atoms with Crippen LogP contribution in [0.3, 0.4) is 0 Å². The average Bonchev–Trinajstić information content (AvgIpc) is 3.16. The van der Waals surface area contributed by atoms with Gasteiger partial charge in [0.2, 0.25) is 5.88 Å². The monoisotopic (exact) mass is 376 g/mol. The first-order valence-electron chi connectivity index (χ1n) is 9.50. The van der Waals surface area contributed by atoms with Gasteiger partial charge >= 0.3 is 6.03 Å². The largest absolute Gasteiger partial charge is 0.368 e. The van der Waals surface area contributed by atoms with Gasteiger partial charge in [0.15, 0.2) is 0 Å². The second kappa shape index (κ2) is 7.76. The molecule has 144 valence electrons. The molecule has 2 amide bonds. The van der Waals surface area contributed by atoms with Crippen molar-refractivity contribution < 1.29 is 9.32 Å². The van der Waals surface area contributed by atoms with E-state index in [-0.39, 0.29) is 6.03 Å². The van der Waals surface area contributed by atoms with Gasteiger partial charge in [-0.3, -0.25) is 5.32 Å². The molecule has 0 aliphatic carbocycles. The Morgan fingerprint density at radius 3 is 2.54 bits per heavy atom. The van der Waals surface area contributed by atoms with E-state index in [1.54, 1.807) is 6.07 Å². The van der Waals surface area contributed by atoms with Crippen LogP contribution in [-0.4, -0.2) is 42.3 Å². The number of urea groups is 1. The van der Waals surface area contributed by atoms with Crippen molar-refractivity contribution in [3.63, 3.8) is 0 Å². The fourth-order valence-electron chi connectivity index (χ4n) is 3.50. The molecular weight excluding hydrogens is 352 g/mol. The summed E-state index contributed by atoms with van der Waals surface area (Å²) in [5.74, 6) is 0.365. The topological polar surface area (TPSA) is 61.6 Å². The Kier molecular flexibility index (Phi) is 5.02. The molecule has 1 saturated heterocycles. The first-order valence-corrected chi connectivity index (χ1v) is 9.50. The normalized spacial score (nSPS) is 14.2. The molecule has 1 fully saturated rings. The minimum absolute atomic E-state index is 0.156. The number of carbonyl (C=O) groups is 1. The van der Waals surface area contributed by atoms with Gasteiger partial charge in [-0.2, -0.15) is 0 Å². The van der Waals surface area contributed by atoms with Crippen LogP contribution in [0.15, 0.2) is 59.1 Å². The molecule has 2 aromatic carbocycles. The number of nitrogens with one attached hydrogen (secondary N) is 1. The minimum atomic E-state index is -0.156. The van der Waals surface area contributed by atoms with Crippen LogP contribution >= 0.6 is 0 Å². The highest BCUT2D eigenvalue weighted by atomic mass is 16.5. The number of aromatic nitrogens is 1. The molecule has 1 aliphatic rings. The number of carbonyl (C=O) groups excluding carboxylic acids is 1. The lowest BCUT2D eigenvalue weighted by molar-refractivity contribution is 0.207. The van der Waals surface area contributed by atoms with Gasteiger partial charge in [-0.15, -0.1) is 0 Å². The van der Waals surface area contributed by atoms with E-state index in [1.165, 1.54) is 11.3 Å². The molecule has 0 spiro atoms. The zero-order valence-corrected chi connectivity index (χ0v) is 16.2. The Morgan fingerprint density at radius 1 is 1.00 bits per heavy atom. The second-order valence-electron chi connectivity index (χ2n) is 7.13. The van der Waals surface area contributed by atoms with Crippen molar-refractivity contribution in [3.8, 4) is 11.3 Å². The van der Waals surface area contributed by atoms with Crippen molar-refractivity contribution in [2.75, 3.05) is 36.4 Å². The summed E-state index contributed by atoms with van der Waals surface area (Å²) in [6, 6.07) is 18.0. The van der Waals surface area contributed by atoms with E-state index in [2.05, 4.69) is 46.6 Å². The predicted molar refractivity (Wildman–Crippen MR) is 111 cm³/mol. The number of nitrogens with zero attached hydrogens (tertiary/aromatic N) is 3. The summed E-state index contributed by atoms with van der Waals surface area (Å²) < 4.78 is 5.32. The molecule has 1 aliphatic heterocycles. The van der Waals surface area contributed by atoms with E-state index in [9.17, 15) is 4.79 Å². The Hall–Kier alpha value is -3.28. The third-order valence-electron chi connectivity index (χ3n) is 5.09. The summed E-state index contributed by atoms with van der Waals surface area (Å²) in [6.07, 6.45) is 0. The fourth-order valence-corrected chi connectivity index (χ4v) is 3.50. The summed E-state index contributed by atoms with van der Waals surface area (Å²) in [7, 11) is 0. The number of hydrogen-bond donors (Lipinski definition) is 1. The smallest absolute Gasteiger partial charge is 0.324 e. The maximum atomic E-state index is 12.6. The highest BCUT2D eigenvalue weighted by Gasteiger charge is 2.22. The lowest BCUT2D eigenvalue weighted by Crippen LogP contribution is -2.50. The van der Waals surface area contributed by atoms with Crippen molar-refractivity contribution in [3.05, 3.63) is 65.7 Å². The van der Waals surface area contributed by atoms with E-state index in [1.807, 2.05) is 36.1 Å². The molecule has 6 nitrogen and oxygen atoms in total. The van der Waals surface area contributed by atoms with E-state index in [0.717, 1.165) is 29.9 Å². The number of rotatable bonds is 3. The molecule has 0 atom stereocenters. The molecular formula is C22H24N4O2. The lowest BCUT2D eigenvalue weighted by Gasteiger charge is -2.36. The van der Waals surface area contributed by atoms with Crippen molar-refractivity contribution in [1.82, 2.24) is 10.1 Å². The van der Waals surface area contributed by atoms with Gasteiger partial charge < -0.3 is 14.3 Å². The molecule has 2 heterocycles. The Bertz CT molecular complexity index is 974. The Labute approximate surface area is 164 Å². The number of anilines is 2. The maximum absolute atomic E-state index is 12.6. The van der Waals surface area contributed by atoms with Crippen molar-refractivity contribution in [2.24, 2.45) is 0 Å². The zero-order valence-electron chi connectivity index (χ0n) is 16.2. The molecule has 3 aromatic rings. The van der Waals surface area contributed by atoms with Crippen LogP contribution in [0.4, 0.5) is 16.4 Å². The number of benzene rings is 2. The molecule has 1 N–H and O–H groups in total. The number of aryl methyl sites for hydroxylation is 2. The third-order valence-corrected chi connectivity index (χ3v) is 5.09. The summed E-state index contributed by atoms with van der Waals surface area (Å²) in [5.41, 5.74) is 5.28. The summed E-state index contributed by atoms with van der Waals surface area (Å²) >= 11 is 0. The molecule has 0 unspecified atom stereocenters. The number of piperazine rings is 1. The van der Waals surface area contributed by atoms with E-state index in [0.29, 0.717) is 19.0 Å². The fraction of sp³-hybridized carbons (Fsp3) is 0.273. The van der Waals surface area contributed by atoms with E-state index >= 15 is 0 Å². The van der Waals surface area contributed by atoms with Crippen LogP contribution in [0.2, 0.25) is 0 Å². The van der Waals surface area contributed by atoms with Gasteiger partial charge in [-0.1, -0.05) is 41.6 Å². The highest BCUT2D eigenvalue weighted by molar-refractivity contribution is 5.88. The van der Waals surface area contributed by atoms with Gasteiger partial charge in [0.05, 0.1) is 0 Å². The van der Waals surface area contributed by atoms with Crippen LogP contribution in [-0.2, 0) is 0 Å². The molecule has 28 heavy (non-hydrogen) atoms. The molecule has 6 heteroatoms. The molecule has 0 bridgehead atoms. The first-order chi connectivity index (χ1) is 13.6. The molecule has 0 saturated carbocycles. The van der Waals surface area contributed by atoms with Gasteiger partial charge in [0, 0.05) is 43.5 Å². The number of hydrogen-bond acceptors (Lipinski definition) is 4. The molecule has 1 aromatic heterocycles. The van der Waals surface area contributed by atoms with Gasteiger partial charge in [-0.25, -0.2) is 4.79 Å². The molecule has 4 rings (SSSR count). The summed E-state index contributed by atoms with van der Waals surface area (Å²) in [5, 5.41) is 6.91. The Morgan fingerprint density at radius 2 is 1.79 bits per heavy atom. The van der Waals surface area contributed by atoms with Crippen LogP contribution in [0.25, 0.3) is 11.3 Å². The predicted octanol–water partition coefficient (Wildman–Crippen LogP) is 4.31. The van der Waals surface area contributed by atoms with Gasteiger partial charge in [0.25, 0.3) is 0 Å². The molecule has 0 radical (unpaired) electrons. The highest BCUT2D eigenvalue weighted by Crippen LogP contribution is 2.25. The van der Waals surface area contributed by atoms with Crippen molar-refractivity contribution >= 4 is 17.6 Å². The van der Waals surface area contributed by atoms with Crippen LogP contribution in [0.5, 0.6) is 0 Å². The maximum Gasteiger partial charge on any atom is 0.324 e. The quantitative estimate of drug-likeness (QED) is 0.740. The van der Waals surface area contributed by atoms with Crippen LogP contribution < -0.4 is 10.2 Å². The van der Waals surface area contributed by atoms with Crippen molar-refractivity contribution in [1.29, 1.82) is 0 Å². The third kappa shape index (κ3) is 3.86. The second-order valence-corrected chi connectivity index (χ2v) is 7.13. The van der Waals surface area contributed by atoms with E-state index in [4.69, 9.17) is 4.52 Å². The van der Waals surface area contributed by atoms with E-state index < -0.39 is 0 Å². The van der Waals surface area contributed by atoms with Crippen LogP contribution in [0.1, 0.15) is 11.1 Å². The minimum Gasteiger partial charge on any atom is -0.368 e. The summed E-state index contributed by atoms with van der Waals surface area (Å²) in [6.45, 7) is 7.06. The Balaban J connectivity index is 1.36. The first kappa shape index (κ1) is 18.1. The van der Waals surface area contributed by atoms with Gasteiger partial charge in [0.1, 0.15) is 5.69 Å². The summed E-state index contributed by atoms with van der Waals surface area (Å²) in [4.78, 5) is 16.7. The number of amides is 2. The standard InChI is InChI=1S/C22H24N4O2/c1-16-6-5-8-18(14-16)25-10-12-26(13-11-25)22(27)23-21-15-20(24-28-21)19-9-4-3-7-17(19)2/h3-9,14-15H,10-13H2,1-2H3,(H,23,27). The van der Waals surface area contributed by atoms with Crippen molar-refractivity contribution in [2.45, 2.75) is 13.8 Å².